The summed E-state index contributed by atoms with van der Waals surface area (Å²) in [6.45, 7) is 0. The molecule has 19 heavy (non-hydrogen) atoms. The Labute approximate surface area is 108 Å². The summed E-state index contributed by atoms with van der Waals surface area (Å²) in [4.78, 5) is 18.7. The fraction of sp³-hybridized carbons (Fsp3) is 0. The fourth-order valence-corrected chi connectivity index (χ4v) is 1.83. The molecular weight excluding hydrogens is 242 g/mol. The van der Waals surface area contributed by atoms with E-state index in [2.05, 4.69) is 9.97 Å². The maximum absolute atomic E-state index is 11.7. The maximum Gasteiger partial charge on any atom is 0.251 e. The van der Waals surface area contributed by atoms with Crippen molar-refractivity contribution in [3.8, 4) is 22.8 Å². The molecule has 0 saturated heterocycles. The number of H-pyrrole nitrogens is 1. The van der Waals surface area contributed by atoms with Crippen LogP contribution in [0.3, 0.4) is 0 Å². The highest BCUT2D eigenvalue weighted by Gasteiger charge is 2.08. The number of hydrogen-bond acceptors (Lipinski definition) is 4. The lowest BCUT2D eigenvalue weighted by Gasteiger charge is -2.03. The van der Waals surface area contributed by atoms with E-state index in [4.69, 9.17) is 10.2 Å². The van der Waals surface area contributed by atoms with Crippen molar-refractivity contribution in [1.82, 2.24) is 9.97 Å². The summed E-state index contributed by atoms with van der Waals surface area (Å²) in [5, 5.41) is 0. The molecule has 0 bridgehead atoms. The Morgan fingerprint density at radius 3 is 2.79 bits per heavy atom. The molecule has 0 fully saturated rings. The molecule has 0 atom stereocenters. The van der Waals surface area contributed by atoms with E-state index in [0.717, 1.165) is 5.56 Å². The molecular formula is C14H11N3O2. The first kappa shape index (κ1) is 11.3. The number of rotatable bonds is 2. The smallest absolute Gasteiger partial charge is 0.251 e. The van der Waals surface area contributed by atoms with Gasteiger partial charge in [0.15, 0.2) is 11.6 Å². The molecule has 5 heteroatoms. The van der Waals surface area contributed by atoms with E-state index in [1.165, 1.54) is 12.3 Å². The van der Waals surface area contributed by atoms with Gasteiger partial charge in [0, 0.05) is 17.3 Å². The number of nitrogens with one attached hydrogen (secondary N) is 1. The predicted molar refractivity (Wildman–Crippen MR) is 72.4 cm³/mol. The Kier molecular flexibility index (Phi) is 2.64. The third-order valence-corrected chi connectivity index (χ3v) is 2.68. The molecule has 0 radical (unpaired) electrons. The Morgan fingerprint density at radius 1 is 1.16 bits per heavy atom. The van der Waals surface area contributed by atoms with Gasteiger partial charge >= 0.3 is 0 Å². The van der Waals surface area contributed by atoms with Gasteiger partial charge in [0.05, 0.1) is 12.0 Å². The lowest BCUT2D eigenvalue weighted by atomic mass is 10.1. The average molecular weight is 253 g/mol. The molecule has 1 aromatic carbocycles. The normalized spacial score (nSPS) is 10.5. The minimum absolute atomic E-state index is 0.237. The van der Waals surface area contributed by atoms with E-state index >= 15 is 0 Å². The quantitative estimate of drug-likeness (QED) is 0.686. The first-order chi connectivity index (χ1) is 9.22. The van der Waals surface area contributed by atoms with Crippen LogP contribution in [0.1, 0.15) is 0 Å². The minimum Gasteiger partial charge on any atom is -0.461 e. The second kappa shape index (κ2) is 4.45. The number of furan rings is 1. The number of nitrogens with zero attached hydrogens (tertiary/aromatic N) is 1. The van der Waals surface area contributed by atoms with E-state index < -0.39 is 0 Å². The molecule has 0 aliphatic carbocycles. The lowest BCUT2D eigenvalue weighted by molar-refractivity contribution is 0.577. The van der Waals surface area contributed by atoms with Crippen LogP contribution >= 0.6 is 0 Å². The summed E-state index contributed by atoms with van der Waals surface area (Å²) >= 11 is 0. The van der Waals surface area contributed by atoms with Gasteiger partial charge in [-0.1, -0.05) is 12.1 Å². The second-order valence-electron chi connectivity index (χ2n) is 4.08. The van der Waals surface area contributed by atoms with E-state index in [0.29, 0.717) is 23.0 Å². The molecule has 0 aliphatic rings. The molecule has 0 amide bonds. The zero-order valence-electron chi connectivity index (χ0n) is 9.96. The van der Waals surface area contributed by atoms with E-state index in [9.17, 15) is 4.79 Å². The molecule has 94 valence electrons. The Bertz CT molecular complexity index is 760. The molecule has 3 rings (SSSR count). The van der Waals surface area contributed by atoms with E-state index in [-0.39, 0.29) is 5.56 Å². The van der Waals surface area contributed by atoms with Crippen molar-refractivity contribution in [3.63, 3.8) is 0 Å². The van der Waals surface area contributed by atoms with Crippen LogP contribution in [0.5, 0.6) is 0 Å². The monoisotopic (exact) mass is 253 g/mol. The van der Waals surface area contributed by atoms with Crippen molar-refractivity contribution in [3.05, 3.63) is 59.1 Å². The summed E-state index contributed by atoms with van der Waals surface area (Å²) in [5.41, 5.74) is 7.47. The third-order valence-electron chi connectivity index (χ3n) is 2.68. The van der Waals surface area contributed by atoms with Gasteiger partial charge in [-0.2, -0.15) is 0 Å². The molecule has 0 unspecified atom stereocenters. The van der Waals surface area contributed by atoms with Crippen molar-refractivity contribution >= 4 is 5.69 Å². The zero-order chi connectivity index (χ0) is 13.2. The van der Waals surface area contributed by atoms with Crippen molar-refractivity contribution in [2.24, 2.45) is 0 Å². The van der Waals surface area contributed by atoms with Crippen molar-refractivity contribution in [2.75, 3.05) is 5.73 Å². The van der Waals surface area contributed by atoms with Crippen LogP contribution in [0.15, 0.2) is 57.9 Å². The highest BCUT2D eigenvalue weighted by atomic mass is 16.3. The van der Waals surface area contributed by atoms with E-state index in [1.807, 2.05) is 12.1 Å². The van der Waals surface area contributed by atoms with Crippen molar-refractivity contribution < 1.29 is 4.42 Å². The van der Waals surface area contributed by atoms with Gasteiger partial charge in [-0.15, -0.1) is 0 Å². The molecule has 0 spiro atoms. The van der Waals surface area contributed by atoms with Crippen LogP contribution in [-0.2, 0) is 0 Å². The van der Waals surface area contributed by atoms with Crippen LogP contribution in [0.2, 0.25) is 0 Å². The van der Waals surface area contributed by atoms with E-state index in [1.54, 1.807) is 24.3 Å². The van der Waals surface area contributed by atoms with Crippen LogP contribution in [0.25, 0.3) is 22.8 Å². The maximum atomic E-state index is 11.7. The number of nitrogens with two attached hydrogens (primary N) is 1. The van der Waals surface area contributed by atoms with Crippen LogP contribution in [0.4, 0.5) is 5.69 Å². The number of hydrogen-bond donors (Lipinski definition) is 2. The molecule has 5 nitrogen and oxygen atoms in total. The van der Waals surface area contributed by atoms with Gasteiger partial charge in [0.25, 0.3) is 5.56 Å². The van der Waals surface area contributed by atoms with Crippen LogP contribution < -0.4 is 11.3 Å². The van der Waals surface area contributed by atoms with Gasteiger partial charge in [0.1, 0.15) is 0 Å². The number of anilines is 1. The van der Waals surface area contributed by atoms with Gasteiger partial charge in [-0.05, 0) is 24.3 Å². The Hall–Kier alpha value is -2.82. The number of aromatic nitrogens is 2. The van der Waals surface area contributed by atoms with Gasteiger partial charge in [-0.25, -0.2) is 4.98 Å². The predicted octanol–water partition coefficient (Wildman–Crippen LogP) is 2.28. The van der Waals surface area contributed by atoms with Gasteiger partial charge < -0.3 is 15.1 Å². The highest BCUT2D eigenvalue weighted by Crippen LogP contribution is 2.21. The summed E-state index contributed by atoms with van der Waals surface area (Å²) in [6, 6.07) is 12.1. The Morgan fingerprint density at radius 2 is 2.05 bits per heavy atom. The molecule has 2 aromatic heterocycles. The molecule has 2 heterocycles. The van der Waals surface area contributed by atoms with Crippen molar-refractivity contribution in [1.29, 1.82) is 0 Å². The summed E-state index contributed by atoms with van der Waals surface area (Å²) < 4.78 is 5.23. The van der Waals surface area contributed by atoms with Crippen LogP contribution in [-0.4, -0.2) is 9.97 Å². The third kappa shape index (κ3) is 2.26. The summed E-state index contributed by atoms with van der Waals surface area (Å²) in [7, 11) is 0. The largest absolute Gasteiger partial charge is 0.461 e. The zero-order valence-corrected chi connectivity index (χ0v) is 9.96. The van der Waals surface area contributed by atoms with Crippen molar-refractivity contribution in [2.45, 2.75) is 0 Å². The fourth-order valence-electron chi connectivity index (χ4n) is 1.83. The summed E-state index contributed by atoms with van der Waals surface area (Å²) in [5.74, 6) is 0.915. The SMILES string of the molecule is Nc1cccc(-c2cc(=O)[nH]c(-c3ccco3)n2)c1. The average Bonchev–Trinajstić information content (AvgIpc) is 2.92. The first-order valence-electron chi connectivity index (χ1n) is 5.73. The van der Waals surface area contributed by atoms with Crippen LogP contribution in [0, 0.1) is 0 Å². The molecule has 3 N–H and O–H groups in total. The highest BCUT2D eigenvalue weighted by molar-refractivity contribution is 5.65. The minimum atomic E-state index is -0.237. The van der Waals surface area contributed by atoms with Gasteiger partial charge in [-0.3, -0.25) is 4.79 Å². The first-order valence-corrected chi connectivity index (χ1v) is 5.73. The second-order valence-corrected chi connectivity index (χ2v) is 4.08. The lowest BCUT2D eigenvalue weighted by Crippen LogP contribution is -2.08. The Balaban J connectivity index is 2.15. The molecule has 3 aromatic rings. The number of aromatic amines is 1. The van der Waals surface area contributed by atoms with Gasteiger partial charge in [0.2, 0.25) is 0 Å². The topological polar surface area (TPSA) is 84.9 Å². The summed E-state index contributed by atoms with van der Waals surface area (Å²) in [6.07, 6.45) is 1.53. The standard InChI is InChI=1S/C14H11N3O2/c15-10-4-1-3-9(7-10)11-8-13(18)17-14(16-11)12-5-2-6-19-12/h1-8H,15H2,(H,16,17,18). The molecule has 0 aliphatic heterocycles. The molecule has 0 saturated carbocycles. The number of nitrogen functional groups attached to an aromatic ring is 1. The number of benzene rings is 1.